The third-order valence-corrected chi connectivity index (χ3v) is 2.94. The van der Waals surface area contributed by atoms with E-state index in [0.29, 0.717) is 12.3 Å². The highest BCUT2D eigenvalue weighted by Crippen LogP contribution is 2.29. The molecule has 6 heteroatoms. The van der Waals surface area contributed by atoms with Gasteiger partial charge in [0.2, 0.25) is 0 Å². The first kappa shape index (κ1) is 13.2. The van der Waals surface area contributed by atoms with Crippen LogP contribution in [0.3, 0.4) is 0 Å². The summed E-state index contributed by atoms with van der Waals surface area (Å²) in [5.41, 5.74) is 0.741. The number of methoxy groups -OCH3 is 1. The molecule has 1 aliphatic rings. The molecule has 1 heterocycles. The molecule has 0 saturated carbocycles. The van der Waals surface area contributed by atoms with E-state index in [1.54, 1.807) is 12.3 Å². The molecule has 2 rings (SSSR count). The molecular weight excluding hydrogens is 248 g/mol. The molecule has 1 aromatic rings. The molecule has 0 bridgehead atoms. The lowest BCUT2D eigenvalue weighted by Crippen LogP contribution is -2.23. The van der Waals surface area contributed by atoms with Crippen molar-refractivity contribution in [3.8, 4) is 5.75 Å². The summed E-state index contributed by atoms with van der Waals surface area (Å²) in [5.74, 6) is 0.459. The van der Waals surface area contributed by atoms with Crippen molar-refractivity contribution in [3.05, 3.63) is 40.7 Å². The number of nitrogens with zero attached hydrogens (tertiary/aromatic N) is 1. The van der Waals surface area contributed by atoms with Gasteiger partial charge in [-0.05, 0) is 25.0 Å². The first-order valence-electron chi connectivity index (χ1n) is 6.07. The van der Waals surface area contributed by atoms with Gasteiger partial charge in [0.1, 0.15) is 11.9 Å². The first-order valence-corrected chi connectivity index (χ1v) is 6.07. The summed E-state index contributed by atoms with van der Waals surface area (Å²) in [6.45, 7) is 0.637. The van der Waals surface area contributed by atoms with Crippen molar-refractivity contribution in [1.29, 1.82) is 0 Å². The smallest absolute Gasteiger partial charge is 0.273 e. The van der Waals surface area contributed by atoms with Crippen LogP contribution in [0.25, 0.3) is 0 Å². The molecule has 0 aliphatic carbocycles. The van der Waals surface area contributed by atoms with Gasteiger partial charge in [0.15, 0.2) is 0 Å². The Morgan fingerprint density at radius 1 is 1.58 bits per heavy atom. The summed E-state index contributed by atoms with van der Waals surface area (Å²) < 4.78 is 10.6. The average molecular weight is 264 g/mol. The minimum Gasteiger partial charge on any atom is -0.497 e. The van der Waals surface area contributed by atoms with Crippen molar-refractivity contribution in [1.82, 2.24) is 0 Å². The second-order valence-corrected chi connectivity index (χ2v) is 4.23. The van der Waals surface area contributed by atoms with E-state index in [2.05, 4.69) is 5.32 Å². The number of rotatable bonds is 5. The number of benzene rings is 1. The molecule has 0 radical (unpaired) electrons. The Hall–Kier alpha value is -2.24. The van der Waals surface area contributed by atoms with Crippen LogP contribution >= 0.6 is 0 Å². The van der Waals surface area contributed by atoms with Gasteiger partial charge in [-0.1, -0.05) is 0 Å². The number of allylic oxidation sites excluding steroid dienone is 1. The molecule has 0 aromatic heterocycles. The summed E-state index contributed by atoms with van der Waals surface area (Å²) in [7, 11) is 1.49. The molecule has 1 atom stereocenters. The number of nitro benzene ring substituents is 1. The highest BCUT2D eigenvalue weighted by atomic mass is 16.6. The summed E-state index contributed by atoms with van der Waals surface area (Å²) in [6.07, 6.45) is 5.78. The number of ether oxygens (including phenoxy) is 2. The van der Waals surface area contributed by atoms with E-state index >= 15 is 0 Å². The summed E-state index contributed by atoms with van der Waals surface area (Å²) in [5, 5.41) is 13.9. The molecule has 1 aromatic carbocycles. The Morgan fingerprint density at radius 3 is 3.05 bits per heavy atom. The summed E-state index contributed by atoms with van der Waals surface area (Å²) >= 11 is 0. The zero-order valence-corrected chi connectivity index (χ0v) is 10.7. The van der Waals surface area contributed by atoms with Crippen LogP contribution in [0.1, 0.15) is 12.8 Å². The van der Waals surface area contributed by atoms with Crippen molar-refractivity contribution in [3.63, 3.8) is 0 Å². The van der Waals surface area contributed by atoms with Crippen LogP contribution in [0, 0.1) is 10.1 Å². The molecule has 6 nitrogen and oxygen atoms in total. The van der Waals surface area contributed by atoms with Gasteiger partial charge in [0.25, 0.3) is 5.69 Å². The topological polar surface area (TPSA) is 73.6 Å². The average Bonchev–Trinajstić information content (AvgIpc) is 2.45. The Kier molecular flexibility index (Phi) is 4.22. The third-order valence-electron chi connectivity index (χ3n) is 2.94. The number of hydrogen-bond donors (Lipinski definition) is 1. The number of hydrogen-bond acceptors (Lipinski definition) is 5. The van der Waals surface area contributed by atoms with Gasteiger partial charge in [0, 0.05) is 6.07 Å². The SMILES string of the molecule is COc1cc([N+](=O)[O-])ccc1NCC1CCC=CO1. The van der Waals surface area contributed by atoms with Gasteiger partial charge in [-0.25, -0.2) is 0 Å². The standard InChI is InChI=1S/C13H16N2O4/c1-18-13-8-10(15(16)17)5-6-12(13)14-9-11-4-2-3-7-19-11/h3,5-8,11,14H,2,4,9H2,1H3. The van der Waals surface area contributed by atoms with E-state index in [9.17, 15) is 10.1 Å². The largest absolute Gasteiger partial charge is 0.497 e. The van der Waals surface area contributed by atoms with Gasteiger partial charge in [-0.3, -0.25) is 10.1 Å². The second-order valence-electron chi connectivity index (χ2n) is 4.23. The zero-order chi connectivity index (χ0) is 13.7. The highest BCUT2D eigenvalue weighted by molar-refractivity contribution is 5.60. The zero-order valence-electron chi connectivity index (χ0n) is 10.7. The minimum atomic E-state index is -0.443. The van der Waals surface area contributed by atoms with Crippen LogP contribution in [-0.4, -0.2) is 24.7 Å². The second kappa shape index (κ2) is 6.08. The van der Waals surface area contributed by atoms with Crippen LogP contribution in [0.4, 0.5) is 11.4 Å². The molecule has 1 unspecified atom stereocenters. The Labute approximate surface area is 111 Å². The predicted molar refractivity (Wildman–Crippen MR) is 71.4 cm³/mol. The van der Waals surface area contributed by atoms with E-state index in [-0.39, 0.29) is 11.8 Å². The number of non-ortho nitro benzene ring substituents is 1. The Bertz CT molecular complexity index is 488. The van der Waals surface area contributed by atoms with E-state index in [1.165, 1.54) is 19.2 Å². The maximum atomic E-state index is 10.7. The fraction of sp³-hybridized carbons (Fsp3) is 0.385. The quantitative estimate of drug-likeness (QED) is 0.653. The van der Waals surface area contributed by atoms with E-state index < -0.39 is 4.92 Å². The molecule has 1 N–H and O–H groups in total. The fourth-order valence-electron chi connectivity index (χ4n) is 1.90. The molecule has 0 spiro atoms. The maximum absolute atomic E-state index is 10.7. The Morgan fingerprint density at radius 2 is 2.42 bits per heavy atom. The van der Waals surface area contributed by atoms with Gasteiger partial charge in [-0.2, -0.15) is 0 Å². The molecule has 0 amide bonds. The van der Waals surface area contributed by atoms with E-state index in [0.717, 1.165) is 18.5 Å². The lowest BCUT2D eigenvalue weighted by atomic mass is 10.1. The molecule has 102 valence electrons. The molecular formula is C13H16N2O4. The van der Waals surface area contributed by atoms with Crippen LogP contribution in [0.5, 0.6) is 5.75 Å². The number of nitro groups is 1. The van der Waals surface area contributed by atoms with Crippen molar-refractivity contribution in [2.45, 2.75) is 18.9 Å². The first-order chi connectivity index (χ1) is 9.20. The van der Waals surface area contributed by atoms with Crippen LogP contribution in [0.15, 0.2) is 30.5 Å². The number of nitrogens with one attached hydrogen (secondary N) is 1. The maximum Gasteiger partial charge on any atom is 0.273 e. The highest BCUT2D eigenvalue weighted by Gasteiger charge is 2.14. The van der Waals surface area contributed by atoms with Gasteiger partial charge >= 0.3 is 0 Å². The third kappa shape index (κ3) is 3.37. The molecule has 1 aliphatic heterocycles. The molecule has 0 fully saturated rings. The van der Waals surface area contributed by atoms with Crippen LogP contribution < -0.4 is 10.1 Å². The lowest BCUT2D eigenvalue weighted by molar-refractivity contribution is -0.384. The number of anilines is 1. The van der Waals surface area contributed by atoms with Crippen LogP contribution in [0.2, 0.25) is 0 Å². The Balaban J connectivity index is 2.03. The molecule has 19 heavy (non-hydrogen) atoms. The van der Waals surface area contributed by atoms with Crippen molar-refractivity contribution < 1.29 is 14.4 Å². The van der Waals surface area contributed by atoms with Gasteiger partial charge in [-0.15, -0.1) is 0 Å². The van der Waals surface area contributed by atoms with Crippen molar-refractivity contribution in [2.24, 2.45) is 0 Å². The van der Waals surface area contributed by atoms with Crippen LogP contribution in [-0.2, 0) is 4.74 Å². The summed E-state index contributed by atoms with van der Waals surface area (Å²) in [6, 6.07) is 4.51. The van der Waals surface area contributed by atoms with E-state index in [4.69, 9.17) is 9.47 Å². The lowest BCUT2D eigenvalue weighted by Gasteiger charge is -2.20. The fourth-order valence-corrected chi connectivity index (χ4v) is 1.90. The summed E-state index contributed by atoms with van der Waals surface area (Å²) in [4.78, 5) is 10.2. The monoisotopic (exact) mass is 264 g/mol. The van der Waals surface area contributed by atoms with E-state index in [1.807, 2.05) is 6.08 Å². The minimum absolute atomic E-state index is 0.0132. The normalized spacial score (nSPS) is 17.6. The van der Waals surface area contributed by atoms with Crippen molar-refractivity contribution >= 4 is 11.4 Å². The molecule has 0 saturated heterocycles. The van der Waals surface area contributed by atoms with Gasteiger partial charge in [0.05, 0.1) is 36.6 Å². The van der Waals surface area contributed by atoms with Crippen molar-refractivity contribution in [2.75, 3.05) is 19.0 Å². The predicted octanol–water partition coefficient (Wildman–Crippen LogP) is 2.71. The van der Waals surface area contributed by atoms with Gasteiger partial charge < -0.3 is 14.8 Å².